The van der Waals surface area contributed by atoms with Gasteiger partial charge in [0.25, 0.3) is 0 Å². The smallest absolute Gasteiger partial charge is 0.161 e. The third-order valence-electron chi connectivity index (χ3n) is 10.3. The Kier molecular flexibility index (Phi) is 7.81. The summed E-state index contributed by atoms with van der Waals surface area (Å²) in [4.78, 5) is 15.5. The number of hydrogen-bond donors (Lipinski definition) is 0. The highest BCUT2D eigenvalue weighted by atomic mass is 14.9. The lowest BCUT2D eigenvalue weighted by molar-refractivity contribution is 1.19. The van der Waals surface area contributed by atoms with Crippen LogP contribution in [0.3, 0.4) is 0 Å². The molecule has 0 radical (unpaired) electrons. The van der Waals surface area contributed by atoms with Gasteiger partial charge >= 0.3 is 0 Å². The first-order valence-corrected chi connectivity index (χ1v) is 18.3. The zero-order valence-electron chi connectivity index (χ0n) is 29.4. The number of aromatic nitrogens is 3. The maximum atomic E-state index is 5.22. The Morgan fingerprint density at radius 3 is 1.39 bits per heavy atom. The molecule has 0 aliphatic rings. The van der Waals surface area contributed by atoms with Gasteiger partial charge in [0.05, 0.1) is 22.6 Å². The third-order valence-corrected chi connectivity index (χ3v) is 10.3. The average molecular weight is 688 g/mol. The highest BCUT2D eigenvalue weighted by molar-refractivity contribution is 6.14. The molecule has 10 aromatic rings. The Balaban J connectivity index is 1.07. The predicted molar refractivity (Wildman–Crippen MR) is 225 cm³/mol. The Bertz CT molecular complexity index is 2900. The van der Waals surface area contributed by atoms with Gasteiger partial charge in [-0.15, -0.1) is 0 Å². The zero-order chi connectivity index (χ0) is 35.8. The van der Waals surface area contributed by atoms with Crippen molar-refractivity contribution in [1.29, 1.82) is 0 Å². The number of rotatable bonds is 6. The van der Waals surface area contributed by atoms with Crippen LogP contribution >= 0.6 is 0 Å². The fourth-order valence-electron chi connectivity index (χ4n) is 7.65. The number of nitrogens with zero attached hydrogens (tertiary/aromatic N) is 3. The lowest BCUT2D eigenvalue weighted by Crippen LogP contribution is -1.97. The second kappa shape index (κ2) is 13.4. The van der Waals surface area contributed by atoms with Crippen molar-refractivity contribution in [2.45, 2.75) is 0 Å². The maximum absolute atomic E-state index is 5.22. The molecule has 54 heavy (non-hydrogen) atoms. The summed E-state index contributed by atoms with van der Waals surface area (Å²) in [6.07, 6.45) is 0. The summed E-state index contributed by atoms with van der Waals surface area (Å²) in [5.41, 5.74) is 12.6. The molecule has 0 saturated carbocycles. The van der Waals surface area contributed by atoms with Crippen LogP contribution in [0, 0.1) is 0 Å². The second-order valence-corrected chi connectivity index (χ2v) is 13.6. The van der Waals surface area contributed by atoms with E-state index in [0.717, 1.165) is 66.8 Å². The molecule has 0 N–H and O–H groups in total. The van der Waals surface area contributed by atoms with Gasteiger partial charge < -0.3 is 0 Å². The monoisotopic (exact) mass is 687 g/mol. The van der Waals surface area contributed by atoms with Gasteiger partial charge in [-0.05, 0) is 68.1 Å². The molecule has 0 saturated heterocycles. The van der Waals surface area contributed by atoms with Gasteiger partial charge in [-0.25, -0.2) is 15.0 Å². The van der Waals surface area contributed by atoms with Crippen LogP contribution in [0.5, 0.6) is 0 Å². The van der Waals surface area contributed by atoms with Crippen molar-refractivity contribution >= 4 is 32.4 Å². The van der Waals surface area contributed by atoms with E-state index in [9.17, 15) is 0 Å². The zero-order valence-corrected chi connectivity index (χ0v) is 29.4. The van der Waals surface area contributed by atoms with Crippen LogP contribution in [-0.4, -0.2) is 15.0 Å². The first kappa shape index (κ1) is 31.5. The molecule has 0 aliphatic carbocycles. The largest absolute Gasteiger partial charge is 0.248 e. The molecule has 0 bridgehead atoms. The average Bonchev–Trinajstić information content (AvgIpc) is 3.26. The van der Waals surface area contributed by atoms with Crippen LogP contribution in [0.15, 0.2) is 200 Å². The minimum absolute atomic E-state index is 0.706. The van der Waals surface area contributed by atoms with Crippen molar-refractivity contribution in [3.63, 3.8) is 0 Å². The molecule has 2 heterocycles. The molecule has 0 spiro atoms. The van der Waals surface area contributed by atoms with E-state index >= 15 is 0 Å². The van der Waals surface area contributed by atoms with Crippen LogP contribution in [0.25, 0.3) is 99.9 Å². The van der Waals surface area contributed by atoms with Gasteiger partial charge in [0, 0.05) is 27.6 Å². The van der Waals surface area contributed by atoms with E-state index in [4.69, 9.17) is 15.0 Å². The number of pyridine rings is 1. The van der Waals surface area contributed by atoms with E-state index in [0.29, 0.717) is 5.82 Å². The molecule has 3 heteroatoms. The van der Waals surface area contributed by atoms with E-state index in [-0.39, 0.29) is 0 Å². The standard InChI is InChI=1S/C51H33N3/c1-4-14-34(15-5-1)45-32-47(52-46-31-28-35-16-10-11-21-41(35)50(45)46)39-26-24-36(25-27-39)40-29-30-44(43-23-13-12-22-42(40)43)51-53-48(37-17-6-2-7-18-37)33-49(54-51)38-19-8-3-9-20-38/h1-33H. The molecule has 0 unspecified atom stereocenters. The summed E-state index contributed by atoms with van der Waals surface area (Å²) in [6.45, 7) is 0. The SMILES string of the molecule is c1ccc(-c2cc(-c3ccccc3)nc(-c3ccc(-c4ccc(-c5cc(-c6ccccc6)c6c(ccc7ccccc76)n5)cc4)c4ccccc34)n2)cc1. The second-order valence-electron chi connectivity index (χ2n) is 13.6. The Hall–Kier alpha value is -7.23. The van der Waals surface area contributed by atoms with Crippen molar-refractivity contribution in [1.82, 2.24) is 15.0 Å². The topological polar surface area (TPSA) is 38.7 Å². The van der Waals surface area contributed by atoms with Gasteiger partial charge in [-0.3, -0.25) is 0 Å². The summed E-state index contributed by atoms with van der Waals surface area (Å²) in [5.74, 6) is 0.706. The molecule has 0 fully saturated rings. The Labute approximate surface area is 313 Å². The minimum atomic E-state index is 0.706. The lowest BCUT2D eigenvalue weighted by Gasteiger charge is -2.15. The predicted octanol–water partition coefficient (Wildman–Crippen LogP) is 13.3. The molecular weight excluding hydrogens is 655 g/mol. The normalized spacial score (nSPS) is 11.3. The molecule has 3 nitrogen and oxygen atoms in total. The van der Waals surface area contributed by atoms with Gasteiger partial charge in [-0.1, -0.05) is 176 Å². The summed E-state index contributed by atoms with van der Waals surface area (Å²) >= 11 is 0. The summed E-state index contributed by atoms with van der Waals surface area (Å²) in [6, 6.07) is 70.3. The van der Waals surface area contributed by atoms with E-state index in [1.54, 1.807) is 0 Å². The number of fused-ring (bicyclic) bond motifs is 4. The fourth-order valence-corrected chi connectivity index (χ4v) is 7.65. The van der Waals surface area contributed by atoms with Crippen molar-refractivity contribution in [2.24, 2.45) is 0 Å². The minimum Gasteiger partial charge on any atom is -0.248 e. The fraction of sp³-hybridized carbons (Fsp3) is 0. The van der Waals surface area contributed by atoms with Crippen LogP contribution in [-0.2, 0) is 0 Å². The number of hydrogen-bond acceptors (Lipinski definition) is 3. The third kappa shape index (κ3) is 5.69. The maximum Gasteiger partial charge on any atom is 0.161 e. The summed E-state index contributed by atoms with van der Waals surface area (Å²) in [7, 11) is 0. The lowest BCUT2D eigenvalue weighted by atomic mass is 9.92. The number of benzene rings is 8. The Morgan fingerprint density at radius 2 is 0.741 bits per heavy atom. The van der Waals surface area contributed by atoms with Crippen molar-refractivity contribution in [2.75, 3.05) is 0 Å². The molecule has 0 aliphatic heterocycles. The van der Waals surface area contributed by atoms with Crippen molar-refractivity contribution < 1.29 is 0 Å². The van der Waals surface area contributed by atoms with Crippen LogP contribution in [0.2, 0.25) is 0 Å². The van der Waals surface area contributed by atoms with E-state index in [1.807, 2.05) is 12.1 Å². The molecule has 0 amide bonds. The van der Waals surface area contributed by atoms with Crippen LogP contribution in [0.4, 0.5) is 0 Å². The molecule has 2 aromatic heterocycles. The molecule has 0 atom stereocenters. The van der Waals surface area contributed by atoms with Gasteiger partial charge in [0.2, 0.25) is 0 Å². The molecule has 10 rings (SSSR count). The van der Waals surface area contributed by atoms with Gasteiger partial charge in [-0.2, -0.15) is 0 Å². The van der Waals surface area contributed by atoms with Crippen molar-refractivity contribution in [3.05, 3.63) is 200 Å². The highest BCUT2D eigenvalue weighted by Crippen LogP contribution is 2.39. The summed E-state index contributed by atoms with van der Waals surface area (Å²) < 4.78 is 0. The summed E-state index contributed by atoms with van der Waals surface area (Å²) in [5, 5.41) is 5.87. The Morgan fingerprint density at radius 1 is 0.278 bits per heavy atom. The highest BCUT2D eigenvalue weighted by Gasteiger charge is 2.16. The first-order valence-electron chi connectivity index (χ1n) is 18.3. The first-order chi connectivity index (χ1) is 26.8. The van der Waals surface area contributed by atoms with Crippen molar-refractivity contribution in [3.8, 4) is 67.4 Å². The van der Waals surface area contributed by atoms with E-state index in [1.165, 1.54) is 27.3 Å². The molecular formula is C51H33N3. The molecule has 252 valence electrons. The van der Waals surface area contributed by atoms with Crippen LogP contribution < -0.4 is 0 Å². The van der Waals surface area contributed by atoms with E-state index in [2.05, 4.69) is 188 Å². The van der Waals surface area contributed by atoms with Gasteiger partial charge in [0.15, 0.2) is 5.82 Å². The van der Waals surface area contributed by atoms with Crippen LogP contribution in [0.1, 0.15) is 0 Å². The van der Waals surface area contributed by atoms with Gasteiger partial charge in [0.1, 0.15) is 0 Å². The molecule has 8 aromatic carbocycles. The van der Waals surface area contributed by atoms with E-state index < -0.39 is 0 Å². The quantitative estimate of drug-likeness (QED) is 0.163.